The van der Waals surface area contributed by atoms with Gasteiger partial charge < -0.3 is 10.4 Å². The summed E-state index contributed by atoms with van der Waals surface area (Å²) in [4.78, 5) is 15.3. The molecule has 0 spiro atoms. The fraction of sp³-hybridized carbons (Fsp3) is 0.600. The number of aromatic nitrogens is 1. The number of hydrogen-bond donors (Lipinski definition) is 2. The summed E-state index contributed by atoms with van der Waals surface area (Å²) in [5, 5.41) is 14.7. The Bertz CT molecular complexity index is 360. The van der Waals surface area contributed by atoms with Crippen LogP contribution in [0.15, 0.2) is 5.38 Å². The van der Waals surface area contributed by atoms with Crippen molar-refractivity contribution in [1.29, 1.82) is 0 Å². The molecule has 5 heteroatoms. The zero-order valence-electron chi connectivity index (χ0n) is 8.56. The quantitative estimate of drug-likeness (QED) is 0.825. The molecule has 0 amide bonds. The van der Waals surface area contributed by atoms with Gasteiger partial charge in [-0.3, -0.25) is 0 Å². The number of carboxylic acids is 1. The molecule has 1 saturated carbocycles. The zero-order valence-corrected chi connectivity index (χ0v) is 9.38. The Balaban J connectivity index is 2.03. The van der Waals surface area contributed by atoms with E-state index >= 15 is 0 Å². The van der Waals surface area contributed by atoms with Crippen LogP contribution in [0.25, 0.3) is 0 Å². The first-order valence-electron chi connectivity index (χ1n) is 5.08. The summed E-state index contributed by atoms with van der Waals surface area (Å²) >= 11 is 1.46. The van der Waals surface area contributed by atoms with Gasteiger partial charge in [0.2, 0.25) is 0 Å². The SMILES string of the molecule is Cc1csc(NC(C(=O)O)C2CCC2)n1. The van der Waals surface area contributed by atoms with E-state index in [2.05, 4.69) is 10.3 Å². The van der Waals surface area contributed by atoms with Crippen molar-refractivity contribution in [3.63, 3.8) is 0 Å². The van der Waals surface area contributed by atoms with Gasteiger partial charge in [0.1, 0.15) is 6.04 Å². The van der Waals surface area contributed by atoms with Crippen LogP contribution in [0.2, 0.25) is 0 Å². The van der Waals surface area contributed by atoms with Crippen molar-refractivity contribution in [3.8, 4) is 0 Å². The number of aliphatic carboxylic acids is 1. The Kier molecular flexibility index (Phi) is 2.90. The van der Waals surface area contributed by atoms with Gasteiger partial charge in [0.15, 0.2) is 5.13 Å². The molecule has 4 nitrogen and oxygen atoms in total. The zero-order chi connectivity index (χ0) is 10.8. The van der Waals surface area contributed by atoms with Crippen LogP contribution in [-0.2, 0) is 4.79 Å². The topological polar surface area (TPSA) is 62.2 Å². The van der Waals surface area contributed by atoms with E-state index in [9.17, 15) is 4.79 Å². The van der Waals surface area contributed by atoms with Crippen LogP contribution in [0, 0.1) is 12.8 Å². The number of hydrogen-bond acceptors (Lipinski definition) is 4. The molecule has 1 aliphatic carbocycles. The number of anilines is 1. The average molecular weight is 226 g/mol. The van der Waals surface area contributed by atoms with Crippen molar-refractivity contribution >= 4 is 22.4 Å². The minimum absolute atomic E-state index is 0.270. The van der Waals surface area contributed by atoms with Crippen molar-refractivity contribution in [3.05, 3.63) is 11.1 Å². The molecule has 1 aliphatic rings. The Morgan fingerprint density at radius 2 is 2.47 bits per heavy atom. The van der Waals surface area contributed by atoms with Crippen LogP contribution in [0.4, 0.5) is 5.13 Å². The Hall–Kier alpha value is -1.10. The van der Waals surface area contributed by atoms with E-state index in [4.69, 9.17) is 5.11 Å². The lowest BCUT2D eigenvalue weighted by atomic mass is 9.80. The van der Waals surface area contributed by atoms with E-state index in [1.165, 1.54) is 11.3 Å². The first kappa shape index (κ1) is 10.4. The first-order chi connectivity index (χ1) is 7.16. The van der Waals surface area contributed by atoms with Gasteiger partial charge in [-0.2, -0.15) is 0 Å². The molecule has 1 fully saturated rings. The minimum atomic E-state index is -0.771. The fourth-order valence-electron chi connectivity index (χ4n) is 1.71. The molecule has 0 saturated heterocycles. The number of carboxylic acid groups (broad SMARTS) is 1. The third-order valence-electron chi connectivity index (χ3n) is 2.79. The van der Waals surface area contributed by atoms with Gasteiger partial charge in [-0.1, -0.05) is 6.42 Å². The second-order valence-corrected chi connectivity index (χ2v) is 4.80. The number of nitrogens with zero attached hydrogens (tertiary/aromatic N) is 1. The van der Waals surface area contributed by atoms with Gasteiger partial charge >= 0.3 is 5.97 Å². The molecule has 15 heavy (non-hydrogen) atoms. The maximum absolute atomic E-state index is 11.1. The molecule has 1 atom stereocenters. The molecule has 0 aromatic carbocycles. The number of carbonyl (C=O) groups is 1. The summed E-state index contributed by atoms with van der Waals surface area (Å²) in [7, 11) is 0. The van der Waals surface area contributed by atoms with Crippen LogP contribution in [-0.4, -0.2) is 22.1 Å². The van der Waals surface area contributed by atoms with Crippen molar-refractivity contribution in [2.45, 2.75) is 32.2 Å². The van der Waals surface area contributed by atoms with Gasteiger partial charge in [-0.25, -0.2) is 9.78 Å². The number of nitrogens with one attached hydrogen (secondary N) is 1. The fourth-order valence-corrected chi connectivity index (χ4v) is 2.43. The molecule has 82 valence electrons. The van der Waals surface area contributed by atoms with E-state index in [1.807, 2.05) is 12.3 Å². The van der Waals surface area contributed by atoms with Crippen molar-refractivity contribution in [2.24, 2.45) is 5.92 Å². The first-order valence-corrected chi connectivity index (χ1v) is 5.96. The predicted molar refractivity (Wildman–Crippen MR) is 59.2 cm³/mol. The van der Waals surface area contributed by atoms with Crippen LogP contribution in [0.3, 0.4) is 0 Å². The lowest BCUT2D eigenvalue weighted by Gasteiger charge is -2.31. The lowest BCUT2D eigenvalue weighted by molar-refractivity contribution is -0.139. The average Bonchev–Trinajstić information content (AvgIpc) is 2.47. The molecule has 1 heterocycles. The van der Waals surface area contributed by atoms with E-state index in [-0.39, 0.29) is 5.92 Å². The highest BCUT2D eigenvalue weighted by Crippen LogP contribution is 2.31. The molecular formula is C10H14N2O2S. The highest BCUT2D eigenvalue weighted by Gasteiger charge is 2.32. The van der Waals surface area contributed by atoms with E-state index < -0.39 is 12.0 Å². The van der Waals surface area contributed by atoms with Crippen LogP contribution in [0.5, 0.6) is 0 Å². The Labute approximate surface area is 92.3 Å². The van der Waals surface area contributed by atoms with Crippen LogP contribution < -0.4 is 5.32 Å². The van der Waals surface area contributed by atoms with Crippen LogP contribution >= 0.6 is 11.3 Å². The van der Waals surface area contributed by atoms with Crippen molar-refractivity contribution in [1.82, 2.24) is 4.98 Å². The number of aryl methyl sites for hydroxylation is 1. The normalized spacial score (nSPS) is 18.2. The highest BCUT2D eigenvalue weighted by molar-refractivity contribution is 7.13. The summed E-state index contributed by atoms with van der Waals surface area (Å²) in [5.41, 5.74) is 0.931. The van der Waals surface area contributed by atoms with Gasteiger partial charge in [0.05, 0.1) is 5.69 Å². The van der Waals surface area contributed by atoms with Gasteiger partial charge in [-0.05, 0) is 25.7 Å². The summed E-state index contributed by atoms with van der Waals surface area (Å²) in [6.07, 6.45) is 3.16. The summed E-state index contributed by atoms with van der Waals surface area (Å²) in [6, 6.07) is -0.468. The van der Waals surface area contributed by atoms with E-state index in [0.717, 1.165) is 25.0 Å². The van der Waals surface area contributed by atoms with E-state index in [1.54, 1.807) is 0 Å². The van der Waals surface area contributed by atoms with E-state index in [0.29, 0.717) is 5.13 Å². The molecule has 2 rings (SSSR count). The van der Waals surface area contributed by atoms with Crippen molar-refractivity contribution in [2.75, 3.05) is 5.32 Å². The second kappa shape index (κ2) is 4.18. The lowest BCUT2D eigenvalue weighted by Crippen LogP contribution is -2.40. The summed E-state index contributed by atoms with van der Waals surface area (Å²) in [5.74, 6) is -0.501. The molecule has 1 aromatic heterocycles. The monoisotopic (exact) mass is 226 g/mol. The standard InChI is InChI=1S/C10H14N2O2S/c1-6-5-15-10(11-6)12-8(9(13)14)7-3-2-4-7/h5,7-8H,2-4H2,1H3,(H,11,12)(H,13,14). The van der Waals surface area contributed by atoms with Gasteiger partial charge in [0.25, 0.3) is 0 Å². The molecular weight excluding hydrogens is 212 g/mol. The highest BCUT2D eigenvalue weighted by atomic mass is 32.1. The maximum atomic E-state index is 11.1. The molecule has 1 unspecified atom stereocenters. The number of rotatable bonds is 4. The van der Waals surface area contributed by atoms with Gasteiger partial charge in [-0.15, -0.1) is 11.3 Å². The summed E-state index contributed by atoms with van der Waals surface area (Å²) < 4.78 is 0. The minimum Gasteiger partial charge on any atom is -0.480 e. The molecule has 1 aromatic rings. The molecule has 2 N–H and O–H groups in total. The Morgan fingerprint density at radius 1 is 1.73 bits per heavy atom. The Morgan fingerprint density at radius 3 is 2.87 bits per heavy atom. The molecule has 0 aliphatic heterocycles. The molecule has 0 bridgehead atoms. The molecule has 0 radical (unpaired) electrons. The maximum Gasteiger partial charge on any atom is 0.326 e. The predicted octanol–water partition coefficient (Wildman–Crippen LogP) is 2.12. The third-order valence-corrected chi connectivity index (χ3v) is 3.68. The second-order valence-electron chi connectivity index (χ2n) is 3.95. The van der Waals surface area contributed by atoms with Crippen LogP contribution in [0.1, 0.15) is 25.0 Å². The number of thiazole rings is 1. The van der Waals surface area contributed by atoms with Gasteiger partial charge in [0, 0.05) is 5.38 Å². The smallest absolute Gasteiger partial charge is 0.326 e. The summed E-state index contributed by atoms with van der Waals surface area (Å²) in [6.45, 7) is 1.90. The largest absolute Gasteiger partial charge is 0.480 e. The third kappa shape index (κ3) is 2.28. The van der Waals surface area contributed by atoms with Crippen molar-refractivity contribution < 1.29 is 9.90 Å².